The Morgan fingerprint density at radius 2 is 1.81 bits per heavy atom. The fourth-order valence-corrected chi connectivity index (χ4v) is 2.17. The highest BCUT2D eigenvalue weighted by molar-refractivity contribution is 5.98. The molecule has 0 spiro atoms. The number of hydrogen-bond acceptors (Lipinski definition) is 1. The number of fused-ring (bicyclic) bond motifs is 2. The Morgan fingerprint density at radius 3 is 2.56 bits per heavy atom. The van der Waals surface area contributed by atoms with Crippen molar-refractivity contribution in [3.05, 3.63) is 53.6 Å². The second kappa shape index (κ2) is 3.48. The summed E-state index contributed by atoms with van der Waals surface area (Å²) in [5.74, 6) is 2.04. The van der Waals surface area contributed by atoms with Gasteiger partial charge < -0.3 is 0 Å². The Labute approximate surface area is 93.7 Å². The van der Waals surface area contributed by atoms with Gasteiger partial charge in [0.05, 0.1) is 0 Å². The van der Waals surface area contributed by atoms with Crippen molar-refractivity contribution in [2.24, 2.45) is 0 Å². The van der Waals surface area contributed by atoms with Crippen molar-refractivity contribution in [3.8, 4) is 0 Å². The monoisotopic (exact) mass is 206 g/mol. The van der Waals surface area contributed by atoms with E-state index in [1.165, 1.54) is 10.8 Å². The van der Waals surface area contributed by atoms with E-state index in [4.69, 9.17) is 0 Å². The first-order valence-corrected chi connectivity index (χ1v) is 5.32. The third-order valence-electron chi connectivity index (χ3n) is 2.99. The van der Waals surface area contributed by atoms with E-state index < -0.39 is 0 Å². The summed E-state index contributed by atoms with van der Waals surface area (Å²) in [4.78, 5) is 10.9. The van der Waals surface area contributed by atoms with Gasteiger partial charge in [-0.25, -0.2) is 4.79 Å². The Balaban J connectivity index is 2.39. The summed E-state index contributed by atoms with van der Waals surface area (Å²) in [5, 5.41) is 2.38. The summed E-state index contributed by atoms with van der Waals surface area (Å²) < 4.78 is 0. The topological polar surface area (TPSA) is 17.1 Å². The molecule has 0 aliphatic heterocycles. The standard InChI is InChI=1S/C15H10O/c16-10-14-7-3-6-13-8-11-4-1-2-5-12(11)9-15(13)14/h1-6,8-9H,7H2. The molecule has 0 fully saturated rings. The van der Waals surface area contributed by atoms with Gasteiger partial charge in [-0.3, -0.25) is 0 Å². The van der Waals surface area contributed by atoms with Crippen LogP contribution < -0.4 is 0 Å². The smallest absolute Gasteiger partial charge is 0.128 e. The van der Waals surface area contributed by atoms with Crippen molar-refractivity contribution in [3.63, 3.8) is 0 Å². The van der Waals surface area contributed by atoms with Crippen molar-refractivity contribution in [1.82, 2.24) is 0 Å². The molecule has 0 bridgehead atoms. The molecule has 1 aliphatic rings. The van der Waals surface area contributed by atoms with E-state index in [-0.39, 0.29) is 0 Å². The van der Waals surface area contributed by atoms with Crippen LogP contribution in [0, 0.1) is 0 Å². The number of carbonyl (C=O) groups excluding carboxylic acids is 1. The maximum absolute atomic E-state index is 10.9. The molecule has 0 heterocycles. The maximum atomic E-state index is 10.9. The lowest BCUT2D eigenvalue weighted by atomic mass is 9.91. The van der Waals surface area contributed by atoms with Crippen LogP contribution in [-0.4, -0.2) is 5.94 Å². The largest absolute Gasteiger partial charge is 0.233 e. The summed E-state index contributed by atoms with van der Waals surface area (Å²) in [6, 6.07) is 12.4. The van der Waals surface area contributed by atoms with Gasteiger partial charge in [-0.15, -0.1) is 0 Å². The molecule has 16 heavy (non-hydrogen) atoms. The van der Waals surface area contributed by atoms with E-state index in [0.717, 1.165) is 16.7 Å². The first-order valence-electron chi connectivity index (χ1n) is 5.32. The van der Waals surface area contributed by atoms with Crippen LogP contribution in [0.1, 0.15) is 17.5 Å². The van der Waals surface area contributed by atoms with Gasteiger partial charge in [-0.1, -0.05) is 36.4 Å². The zero-order valence-corrected chi connectivity index (χ0v) is 8.73. The van der Waals surface area contributed by atoms with Crippen LogP contribution in [0.5, 0.6) is 0 Å². The molecule has 0 atom stereocenters. The first-order chi connectivity index (χ1) is 7.88. The van der Waals surface area contributed by atoms with Crippen LogP contribution in [0.3, 0.4) is 0 Å². The molecule has 0 saturated heterocycles. The Kier molecular flexibility index (Phi) is 1.99. The number of rotatable bonds is 0. The molecule has 0 N–H and O–H groups in total. The molecular weight excluding hydrogens is 196 g/mol. The van der Waals surface area contributed by atoms with Crippen LogP contribution in [0.25, 0.3) is 22.4 Å². The maximum Gasteiger partial charge on any atom is 0.128 e. The molecule has 2 aromatic carbocycles. The van der Waals surface area contributed by atoms with Crippen molar-refractivity contribution in [2.75, 3.05) is 0 Å². The van der Waals surface area contributed by atoms with Gasteiger partial charge in [-0.05, 0) is 34.0 Å². The van der Waals surface area contributed by atoms with Gasteiger partial charge in [-0.2, -0.15) is 0 Å². The van der Waals surface area contributed by atoms with Gasteiger partial charge in [0.25, 0.3) is 0 Å². The third kappa shape index (κ3) is 1.30. The summed E-state index contributed by atoms with van der Waals surface area (Å²) in [7, 11) is 0. The molecule has 1 heteroatoms. The molecule has 0 amide bonds. The molecular formula is C15H10O. The van der Waals surface area contributed by atoms with Crippen LogP contribution in [-0.2, 0) is 4.79 Å². The lowest BCUT2D eigenvalue weighted by molar-refractivity contribution is 0.569. The zero-order chi connectivity index (χ0) is 11.0. The van der Waals surface area contributed by atoms with Crippen molar-refractivity contribution >= 4 is 28.4 Å². The van der Waals surface area contributed by atoms with Crippen LogP contribution in [0.15, 0.2) is 42.5 Å². The summed E-state index contributed by atoms with van der Waals surface area (Å²) in [6.45, 7) is 0. The molecule has 1 aliphatic carbocycles. The van der Waals surface area contributed by atoms with Gasteiger partial charge >= 0.3 is 0 Å². The summed E-state index contributed by atoms with van der Waals surface area (Å²) in [5.41, 5.74) is 2.89. The molecule has 0 radical (unpaired) electrons. The molecule has 76 valence electrons. The van der Waals surface area contributed by atoms with Crippen molar-refractivity contribution in [1.29, 1.82) is 0 Å². The quantitative estimate of drug-likeness (QED) is 0.603. The van der Waals surface area contributed by atoms with Gasteiger partial charge in [0.15, 0.2) is 0 Å². The number of allylic oxidation sites excluding steroid dienone is 2. The molecule has 3 rings (SSSR count). The average Bonchev–Trinajstić information content (AvgIpc) is 2.35. The number of benzene rings is 2. The van der Waals surface area contributed by atoms with Gasteiger partial charge in [0.1, 0.15) is 5.94 Å². The van der Waals surface area contributed by atoms with E-state index in [0.29, 0.717) is 6.42 Å². The predicted octanol–water partition coefficient (Wildman–Crippen LogP) is 3.47. The third-order valence-corrected chi connectivity index (χ3v) is 2.99. The summed E-state index contributed by atoms with van der Waals surface area (Å²) in [6.07, 6.45) is 4.77. The molecule has 0 unspecified atom stereocenters. The van der Waals surface area contributed by atoms with Gasteiger partial charge in [0, 0.05) is 12.0 Å². The Hall–Kier alpha value is -2.11. The minimum atomic E-state index is 0.689. The second-order valence-corrected chi connectivity index (χ2v) is 3.97. The molecule has 2 aromatic rings. The van der Waals surface area contributed by atoms with E-state index in [2.05, 4.69) is 30.3 Å². The minimum absolute atomic E-state index is 0.689. The lowest BCUT2D eigenvalue weighted by Gasteiger charge is -2.12. The van der Waals surface area contributed by atoms with Crippen molar-refractivity contribution < 1.29 is 4.79 Å². The predicted molar refractivity (Wildman–Crippen MR) is 66.7 cm³/mol. The van der Waals surface area contributed by atoms with Crippen LogP contribution in [0.2, 0.25) is 0 Å². The minimum Gasteiger partial charge on any atom is -0.233 e. The summed E-state index contributed by atoms with van der Waals surface area (Å²) >= 11 is 0. The van der Waals surface area contributed by atoms with E-state index in [1.54, 1.807) is 0 Å². The average molecular weight is 206 g/mol. The fourth-order valence-electron chi connectivity index (χ4n) is 2.17. The van der Waals surface area contributed by atoms with Crippen LogP contribution >= 0.6 is 0 Å². The molecule has 1 nitrogen and oxygen atoms in total. The van der Waals surface area contributed by atoms with Gasteiger partial charge in [0.2, 0.25) is 0 Å². The van der Waals surface area contributed by atoms with E-state index >= 15 is 0 Å². The second-order valence-electron chi connectivity index (χ2n) is 3.97. The number of hydrogen-bond donors (Lipinski definition) is 0. The molecule has 0 saturated carbocycles. The Bertz CT molecular complexity index is 644. The van der Waals surface area contributed by atoms with Crippen LogP contribution in [0.4, 0.5) is 0 Å². The van der Waals surface area contributed by atoms with E-state index in [1.807, 2.05) is 24.2 Å². The molecule has 0 aromatic heterocycles. The van der Waals surface area contributed by atoms with E-state index in [9.17, 15) is 4.79 Å². The SMILES string of the molecule is O=C=C1CC=Cc2cc3ccccc3cc21. The highest BCUT2D eigenvalue weighted by Gasteiger charge is 2.11. The normalized spacial score (nSPS) is 13.6. The Morgan fingerprint density at radius 1 is 1.06 bits per heavy atom. The zero-order valence-electron chi connectivity index (χ0n) is 8.73. The fraction of sp³-hybridized carbons (Fsp3) is 0.0667. The highest BCUT2D eigenvalue weighted by Crippen LogP contribution is 2.30. The first kappa shape index (κ1) is 9.14. The van der Waals surface area contributed by atoms with Crippen molar-refractivity contribution in [2.45, 2.75) is 6.42 Å². The highest BCUT2D eigenvalue weighted by atomic mass is 16.1. The lowest BCUT2D eigenvalue weighted by Crippen LogP contribution is -1.94.